The molecule has 4 rings (SSSR count). The maximum atomic E-state index is 12.4. The Balaban J connectivity index is 1.41. The van der Waals surface area contributed by atoms with Crippen molar-refractivity contribution in [3.63, 3.8) is 0 Å². The molecule has 3 amide bonds. The number of carbonyl (C=O) groups is 2. The zero-order valence-electron chi connectivity index (χ0n) is 16.6. The van der Waals surface area contributed by atoms with Crippen molar-refractivity contribution in [2.45, 2.75) is 32.9 Å². The molecule has 0 saturated heterocycles. The van der Waals surface area contributed by atoms with E-state index in [2.05, 4.69) is 28.8 Å². The number of amides is 3. The monoisotopic (exact) mass is 387 g/mol. The van der Waals surface area contributed by atoms with E-state index in [1.54, 1.807) is 0 Å². The number of nitrogens with one attached hydrogen (secondary N) is 2. The molecule has 0 radical (unpaired) electrons. The second kappa shape index (κ2) is 8.35. The molecule has 148 valence electrons. The predicted molar refractivity (Wildman–Crippen MR) is 116 cm³/mol. The lowest BCUT2D eigenvalue weighted by Gasteiger charge is -2.29. The van der Waals surface area contributed by atoms with E-state index >= 15 is 0 Å². The van der Waals surface area contributed by atoms with Crippen LogP contribution in [0.1, 0.15) is 30.0 Å². The molecular weight excluding hydrogens is 362 g/mol. The van der Waals surface area contributed by atoms with Gasteiger partial charge in [0.1, 0.15) is 0 Å². The lowest BCUT2D eigenvalue weighted by Crippen LogP contribution is -2.35. The Morgan fingerprint density at radius 1 is 1.00 bits per heavy atom. The van der Waals surface area contributed by atoms with E-state index < -0.39 is 0 Å². The van der Waals surface area contributed by atoms with E-state index in [0.717, 1.165) is 40.6 Å². The van der Waals surface area contributed by atoms with Gasteiger partial charge in [-0.2, -0.15) is 0 Å². The van der Waals surface area contributed by atoms with Gasteiger partial charge in [-0.05, 0) is 46.0 Å². The van der Waals surface area contributed by atoms with Crippen LogP contribution in [-0.2, 0) is 24.3 Å². The van der Waals surface area contributed by atoms with Crippen LogP contribution in [0.15, 0.2) is 60.7 Å². The van der Waals surface area contributed by atoms with E-state index in [9.17, 15) is 9.59 Å². The summed E-state index contributed by atoms with van der Waals surface area (Å²) in [5, 5.41) is 8.16. The molecule has 3 aromatic rings. The third kappa shape index (κ3) is 4.24. The largest absolute Gasteiger partial charge is 0.338 e. The number of benzene rings is 3. The van der Waals surface area contributed by atoms with Crippen LogP contribution in [0.2, 0.25) is 0 Å². The molecule has 0 aromatic heterocycles. The average Bonchev–Trinajstić information content (AvgIpc) is 2.76. The number of carbonyl (C=O) groups excluding carboxylic acids is 2. The summed E-state index contributed by atoms with van der Waals surface area (Å²) in [6.07, 6.45) is 1.37. The van der Waals surface area contributed by atoms with Gasteiger partial charge in [0.05, 0.1) is 0 Å². The SMILES string of the molecule is CCC(=O)N1CCc2ccc(NC(=O)NCc3cccc4ccccc34)cc2C1. The van der Waals surface area contributed by atoms with Crippen molar-refractivity contribution in [2.75, 3.05) is 11.9 Å². The molecule has 0 fully saturated rings. The van der Waals surface area contributed by atoms with Gasteiger partial charge in [0, 0.05) is 31.7 Å². The summed E-state index contributed by atoms with van der Waals surface area (Å²) in [6.45, 7) is 3.71. The molecule has 29 heavy (non-hydrogen) atoms. The van der Waals surface area contributed by atoms with Gasteiger partial charge < -0.3 is 15.5 Å². The van der Waals surface area contributed by atoms with Gasteiger partial charge >= 0.3 is 6.03 Å². The first-order chi connectivity index (χ1) is 14.1. The van der Waals surface area contributed by atoms with Crippen LogP contribution in [0.25, 0.3) is 10.8 Å². The lowest BCUT2D eigenvalue weighted by atomic mass is 9.99. The van der Waals surface area contributed by atoms with Crippen LogP contribution < -0.4 is 10.6 Å². The molecule has 3 aromatic carbocycles. The zero-order valence-corrected chi connectivity index (χ0v) is 16.6. The molecule has 0 spiro atoms. The van der Waals surface area contributed by atoms with E-state index in [-0.39, 0.29) is 11.9 Å². The number of nitrogens with zero attached hydrogens (tertiary/aromatic N) is 1. The van der Waals surface area contributed by atoms with Crippen molar-refractivity contribution in [3.8, 4) is 0 Å². The summed E-state index contributed by atoms with van der Waals surface area (Å²) in [5.74, 6) is 0.168. The Morgan fingerprint density at radius 2 is 1.83 bits per heavy atom. The highest BCUT2D eigenvalue weighted by molar-refractivity contribution is 5.90. The Bertz CT molecular complexity index is 1060. The lowest BCUT2D eigenvalue weighted by molar-refractivity contribution is -0.131. The van der Waals surface area contributed by atoms with E-state index in [0.29, 0.717) is 19.5 Å². The highest BCUT2D eigenvalue weighted by Gasteiger charge is 2.19. The van der Waals surface area contributed by atoms with Gasteiger partial charge in [-0.15, -0.1) is 0 Å². The van der Waals surface area contributed by atoms with Gasteiger partial charge in [0.25, 0.3) is 0 Å². The molecule has 0 atom stereocenters. The summed E-state index contributed by atoms with van der Waals surface area (Å²) in [6, 6.07) is 20.0. The van der Waals surface area contributed by atoms with Crippen molar-refractivity contribution < 1.29 is 9.59 Å². The first kappa shape index (κ1) is 19.0. The fourth-order valence-corrected chi connectivity index (χ4v) is 3.87. The fraction of sp³-hybridized carbons (Fsp3) is 0.250. The number of rotatable bonds is 4. The molecule has 2 N–H and O–H groups in total. The topological polar surface area (TPSA) is 61.4 Å². The molecular formula is C24H25N3O2. The van der Waals surface area contributed by atoms with Crippen molar-refractivity contribution in [1.82, 2.24) is 10.2 Å². The van der Waals surface area contributed by atoms with Crippen LogP contribution in [0.3, 0.4) is 0 Å². The van der Waals surface area contributed by atoms with Crippen molar-refractivity contribution in [3.05, 3.63) is 77.4 Å². The first-order valence-corrected chi connectivity index (χ1v) is 10.0. The second-order valence-corrected chi connectivity index (χ2v) is 7.35. The summed E-state index contributed by atoms with van der Waals surface area (Å²) >= 11 is 0. The number of anilines is 1. The van der Waals surface area contributed by atoms with Crippen molar-refractivity contribution in [1.29, 1.82) is 0 Å². The van der Waals surface area contributed by atoms with E-state index in [1.165, 1.54) is 5.56 Å². The number of hydrogen-bond acceptors (Lipinski definition) is 2. The number of hydrogen-bond donors (Lipinski definition) is 2. The summed E-state index contributed by atoms with van der Waals surface area (Å²) in [5.41, 5.74) is 4.17. The van der Waals surface area contributed by atoms with Crippen LogP contribution >= 0.6 is 0 Å². The summed E-state index contributed by atoms with van der Waals surface area (Å²) in [7, 11) is 0. The molecule has 5 nitrogen and oxygen atoms in total. The highest BCUT2D eigenvalue weighted by atomic mass is 16.2. The fourth-order valence-electron chi connectivity index (χ4n) is 3.87. The van der Waals surface area contributed by atoms with Gasteiger partial charge in [-0.25, -0.2) is 4.79 Å². The molecule has 0 unspecified atom stereocenters. The maximum Gasteiger partial charge on any atom is 0.319 e. The van der Waals surface area contributed by atoms with Gasteiger partial charge in [0.15, 0.2) is 0 Å². The number of fused-ring (bicyclic) bond motifs is 2. The third-order valence-corrected chi connectivity index (χ3v) is 5.45. The Labute approximate surface area is 170 Å². The van der Waals surface area contributed by atoms with Crippen LogP contribution in [0, 0.1) is 0 Å². The Morgan fingerprint density at radius 3 is 2.69 bits per heavy atom. The van der Waals surface area contributed by atoms with Crippen molar-refractivity contribution >= 4 is 28.4 Å². The molecule has 0 aliphatic carbocycles. The Kier molecular flexibility index (Phi) is 5.47. The third-order valence-electron chi connectivity index (χ3n) is 5.45. The van der Waals surface area contributed by atoms with Crippen molar-refractivity contribution in [2.24, 2.45) is 0 Å². The predicted octanol–water partition coefficient (Wildman–Crippen LogP) is 4.46. The minimum Gasteiger partial charge on any atom is -0.338 e. The molecule has 1 aliphatic rings. The van der Waals surface area contributed by atoms with Gasteiger partial charge in [-0.3, -0.25) is 4.79 Å². The van der Waals surface area contributed by atoms with Crippen LogP contribution in [0.4, 0.5) is 10.5 Å². The molecule has 0 saturated carbocycles. The minimum absolute atomic E-state index is 0.168. The summed E-state index contributed by atoms with van der Waals surface area (Å²) < 4.78 is 0. The zero-order chi connectivity index (χ0) is 20.2. The average molecular weight is 387 g/mol. The standard InChI is InChI=1S/C24H25N3O2/c1-2-23(28)27-13-12-17-10-11-21(14-20(17)16-27)26-24(29)25-15-19-8-5-7-18-6-3-4-9-22(18)19/h3-11,14H,2,12-13,15-16H2,1H3,(H2,25,26,29). The normalized spacial score (nSPS) is 13.1. The summed E-state index contributed by atoms with van der Waals surface area (Å²) in [4.78, 5) is 26.3. The number of urea groups is 1. The highest BCUT2D eigenvalue weighted by Crippen LogP contribution is 2.23. The maximum absolute atomic E-state index is 12.4. The van der Waals surface area contributed by atoms with E-state index in [1.807, 2.05) is 54.3 Å². The molecule has 1 heterocycles. The quantitative estimate of drug-likeness (QED) is 0.694. The van der Waals surface area contributed by atoms with Crippen LogP contribution in [-0.4, -0.2) is 23.4 Å². The molecule has 5 heteroatoms. The molecule has 1 aliphatic heterocycles. The Hall–Kier alpha value is -3.34. The van der Waals surface area contributed by atoms with Gasteiger partial charge in [0.2, 0.25) is 5.91 Å². The van der Waals surface area contributed by atoms with E-state index in [4.69, 9.17) is 0 Å². The smallest absolute Gasteiger partial charge is 0.319 e. The first-order valence-electron chi connectivity index (χ1n) is 10.0. The van der Waals surface area contributed by atoms with Crippen LogP contribution in [0.5, 0.6) is 0 Å². The second-order valence-electron chi connectivity index (χ2n) is 7.35. The van der Waals surface area contributed by atoms with Gasteiger partial charge in [-0.1, -0.05) is 55.5 Å². The minimum atomic E-state index is -0.241. The molecule has 0 bridgehead atoms.